The van der Waals surface area contributed by atoms with E-state index < -0.39 is 5.97 Å². The predicted octanol–water partition coefficient (Wildman–Crippen LogP) is 1.66. The monoisotopic (exact) mass is 221 g/mol. The van der Waals surface area contributed by atoms with Crippen molar-refractivity contribution in [2.45, 2.75) is 26.3 Å². The molecular formula is C12H15NO3. The zero-order valence-corrected chi connectivity index (χ0v) is 9.22. The number of carbonyl (C=O) groups is 1. The highest BCUT2D eigenvalue weighted by Crippen LogP contribution is 2.03. The maximum absolute atomic E-state index is 11.3. The van der Waals surface area contributed by atoms with Crippen molar-refractivity contribution < 1.29 is 9.90 Å². The van der Waals surface area contributed by atoms with Gasteiger partial charge >= 0.3 is 5.97 Å². The molecule has 0 unspecified atom stereocenters. The number of hydrogen-bond donors (Lipinski definition) is 1. The second-order valence-corrected chi connectivity index (χ2v) is 3.64. The van der Waals surface area contributed by atoms with E-state index in [1.54, 1.807) is 22.9 Å². The van der Waals surface area contributed by atoms with Crippen LogP contribution in [0.1, 0.15) is 19.8 Å². The number of allylic oxidation sites excluding steroid dienone is 2. The van der Waals surface area contributed by atoms with Gasteiger partial charge in [-0.3, -0.25) is 9.59 Å². The van der Waals surface area contributed by atoms with Crippen LogP contribution < -0.4 is 5.56 Å². The molecular weight excluding hydrogens is 206 g/mol. The molecule has 0 aliphatic rings. The van der Waals surface area contributed by atoms with Crippen LogP contribution in [0, 0.1) is 0 Å². The minimum absolute atomic E-state index is 0.0511. The van der Waals surface area contributed by atoms with Crippen molar-refractivity contribution in [3.8, 4) is 0 Å². The van der Waals surface area contributed by atoms with E-state index >= 15 is 0 Å². The molecule has 4 nitrogen and oxygen atoms in total. The fourth-order valence-corrected chi connectivity index (χ4v) is 1.27. The lowest BCUT2D eigenvalue weighted by molar-refractivity contribution is -0.136. The average Bonchev–Trinajstić information content (AvgIpc) is 2.25. The summed E-state index contributed by atoms with van der Waals surface area (Å²) in [4.78, 5) is 21.7. The highest BCUT2D eigenvalue weighted by atomic mass is 16.4. The maximum Gasteiger partial charge on any atom is 0.303 e. The van der Waals surface area contributed by atoms with Crippen LogP contribution in [0.25, 0.3) is 0 Å². The molecule has 0 spiro atoms. The molecule has 1 rings (SSSR count). The minimum atomic E-state index is -0.801. The predicted molar refractivity (Wildman–Crippen MR) is 61.3 cm³/mol. The third-order valence-electron chi connectivity index (χ3n) is 2.27. The molecule has 0 amide bonds. The van der Waals surface area contributed by atoms with Crippen LogP contribution in [-0.4, -0.2) is 15.6 Å². The van der Waals surface area contributed by atoms with Gasteiger partial charge in [0.05, 0.1) is 0 Å². The van der Waals surface area contributed by atoms with E-state index in [0.29, 0.717) is 13.0 Å². The number of hydrogen-bond acceptors (Lipinski definition) is 2. The van der Waals surface area contributed by atoms with Crippen molar-refractivity contribution in [1.29, 1.82) is 0 Å². The molecule has 86 valence electrons. The second kappa shape index (κ2) is 5.90. The van der Waals surface area contributed by atoms with E-state index in [2.05, 4.69) is 0 Å². The van der Waals surface area contributed by atoms with Crippen LogP contribution in [0.2, 0.25) is 0 Å². The van der Waals surface area contributed by atoms with E-state index in [1.807, 2.05) is 13.0 Å². The maximum atomic E-state index is 11.3. The second-order valence-electron chi connectivity index (χ2n) is 3.64. The van der Waals surface area contributed by atoms with Gasteiger partial charge in [-0.25, -0.2) is 0 Å². The van der Waals surface area contributed by atoms with Crippen LogP contribution in [-0.2, 0) is 11.3 Å². The molecule has 0 aromatic carbocycles. The van der Waals surface area contributed by atoms with E-state index in [9.17, 15) is 9.59 Å². The van der Waals surface area contributed by atoms with Crippen molar-refractivity contribution in [2.24, 2.45) is 0 Å². The Morgan fingerprint density at radius 3 is 2.81 bits per heavy atom. The van der Waals surface area contributed by atoms with E-state index in [0.717, 1.165) is 5.57 Å². The lowest BCUT2D eigenvalue weighted by Crippen LogP contribution is -2.16. The Hall–Kier alpha value is -1.84. The van der Waals surface area contributed by atoms with Gasteiger partial charge in [-0.15, -0.1) is 0 Å². The summed E-state index contributed by atoms with van der Waals surface area (Å²) < 4.78 is 1.57. The van der Waals surface area contributed by atoms with Gasteiger partial charge in [-0.1, -0.05) is 17.7 Å². The minimum Gasteiger partial charge on any atom is -0.481 e. The molecule has 0 atom stereocenters. The number of rotatable bonds is 5. The Morgan fingerprint density at radius 1 is 1.44 bits per heavy atom. The smallest absolute Gasteiger partial charge is 0.303 e. The van der Waals surface area contributed by atoms with Crippen molar-refractivity contribution >= 4 is 5.97 Å². The molecule has 1 aromatic heterocycles. The molecule has 16 heavy (non-hydrogen) atoms. The molecule has 0 bridgehead atoms. The van der Waals surface area contributed by atoms with Crippen molar-refractivity contribution in [1.82, 2.24) is 4.57 Å². The first kappa shape index (κ1) is 12.2. The molecule has 0 aliphatic heterocycles. The van der Waals surface area contributed by atoms with Crippen LogP contribution in [0.5, 0.6) is 0 Å². The Labute approximate surface area is 93.8 Å². The topological polar surface area (TPSA) is 59.3 Å². The summed E-state index contributed by atoms with van der Waals surface area (Å²) in [6.07, 6.45) is 4.25. The molecule has 0 fully saturated rings. The number of aliphatic carboxylic acids is 1. The molecule has 1 aromatic rings. The molecule has 1 heterocycles. The van der Waals surface area contributed by atoms with Crippen LogP contribution in [0.3, 0.4) is 0 Å². The van der Waals surface area contributed by atoms with Crippen molar-refractivity contribution in [3.05, 3.63) is 46.4 Å². The quantitative estimate of drug-likeness (QED) is 0.769. The number of aromatic nitrogens is 1. The van der Waals surface area contributed by atoms with Gasteiger partial charge in [0.2, 0.25) is 0 Å². The molecule has 4 heteroatoms. The molecule has 0 radical (unpaired) electrons. The fraction of sp³-hybridized carbons (Fsp3) is 0.333. The number of nitrogens with zero attached hydrogens (tertiary/aromatic N) is 1. The van der Waals surface area contributed by atoms with E-state index in [-0.39, 0.29) is 12.0 Å². The van der Waals surface area contributed by atoms with Gasteiger partial charge < -0.3 is 9.67 Å². The highest BCUT2D eigenvalue weighted by Gasteiger charge is 1.97. The Kier molecular flexibility index (Phi) is 4.51. The summed E-state index contributed by atoms with van der Waals surface area (Å²) in [7, 11) is 0. The third-order valence-corrected chi connectivity index (χ3v) is 2.27. The highest BCUT2D eigenvalue weighted by molar-refractivity contribution is 5.66. The fourth-order valence-electron chi connectivity index (χ4n) is 1.27. The summed E-state index contributed by atoms with van der Waals surface area (Å²) in [5.41, 5.74) is 0.933. The Morgan fingerprint density at radius 2 is 2.19 bits per heavy atom. The zero-order chi connectivity index (χ0) is 12.0. The first-order valence-corrected chi connectivity index (χ1v) is 5.12. The molecule has 0 saturated heterocycles. The van der Waals surface area contributed by atoms with Gasteiger partial charge in [0.25, 0.3) is 5.56 Å². The normalized spacial score (nSPS) is 11.4. The van der Waals surface area contributed by atoms with Crippen molar-refractivity contribution in [2.75, 3.05) is 0 Å². The summed E-state index contributed by atoms with van der Waals surface area (Å²) in [6, 6.07) is 4.99. The van der Waals surface area contributed by atoms with Crippen LogP contribution in [0.15, 0.2) is 40.8 Å². The number of pyridine rings is 1. The first-order chi connectivity index (χ1) is 7.59. The van der Waals surface area contributed by atoms with Crippen molar-refractivity contribution in [3.63, 3.8) is 0 Å². The SMILES string of the molecule is CC(=CCn1ccccc1=O)CCC(=O)O. The zero-order valence-electron chi connectivity index (χ0n) is 9.22. The largest absolute Gasteiger partial charge is 0.481 e. The van der Waals surface area contributed by atoms with E-state index in [1.165, 1.54) is 6.07 Å². The number of carboxylic acid groups (broad SMARTS) is 1. The summed E-state index contributed by atoms with van der Waals surface area (Å²) >= 11 is 0. The summed E-state index contributed by atoms with van der Waals surface area (Å²) in [5.74, 6) is -0.801. The van der Waals surface area contributed by atoms with Crippen LogP contribution >= 0.6 is 0 Å². The van der Waals surface area contributed by atoms with Gasteiger partial charge in [-0.05, 0) is 19.4 Å². The Bertz CT molecular complexity index is 446. The van der Waals surface area contributed by atoms with Gasteiger partial charge in [-0.2, -0.15) is 0 Å². The third kappa shape index (κ3) is 4.13. The van der Waals surface area contributed by atoms with Gasteiger partial charge in [0.1, 0.15) is 0 Å². The first-order valence-electron chi connectivity index (χ1n) is 5.12. The number of carboxylic acids is 1. The summed E-state index contributed by atoms with van der Waals surface area (Å²) in [5, 5.41) is 8.51. The molecule has 0 saturated carbocycles. The summed E-state index contributed by atoms with van der Waals surface area (Å²) in [6.45, 7) is 2.36. The van der Waals surface area contributed by atoms with E-state index in [4.69, 9.17) is 5.11 Å². The Balaban J connectivity index is 2.56. The van der Waals surface area contributed by atoms with Crippen LogP contribution in [0.4, 0.5) is 0 Å². The average molecular weight is 221 g/mol. The molecule has 0 aliphatic carbocycles. The lowest BCUT2D eigenvalue weighted by atomic mass is 10.1. The lowest BCUT2D eigenvalue weighted by Gasteiger charge is -2.02. The van der Waals surface area contributed by atoms with Gasteiger partial charge in [0, 0.05) is 25.2 Å². The standard InChI is InChI=1S/C12H15NO3/c1-10(5-6-12(15)16)7-9-13-8-3-2-4-11(13)14/h2-4,7-8H,5-6,9H2,1H3,(H,15,16). The van der Waals surface area contributed by atoms with Gasteiger partial charge in [0.15, 0.2) is 0 Å². The molecule has 1 N–H and O–H groups in total.